The molecule has 3 aromatic rings. The largest absolute Gasteiger partial charge is 0.507 e. The fourth-order valence-corrected chi connectivity index (χ4v) is 3.38. The maximum absolute atomic E-state index is 12.8. The highest BCUT2D eigenvalue weighted by atomic mass is 16.3. The van der Waals surface area contributed by atoms with Crippen LogP contribution in [0.25, 0.3) is 10.8 Å². The van der Waals surface area contributed by atoms with E-state index < -0.39 is 0 Å². The van der Waals surface area contributed by atoms with E-state index in [0.717, 1.165) is 18.4 Å². The second-order valence-electron chi connectivity index (χ2n) is 6.47. The Hall–Kier alpha value is -2.81. The number of fused-ring (bicyclic) bond motifs is 1. The first kappa shape index (κ1) is 18.0. The van der Waals surface area contributed by atoms with Crippen LogP contribution in [0.15, 0.2) is 60.7 Å². The molecule has 0 saturated heterocycles. The number of aromatic hydroxyl groups is 1. The van der Waals surface area contributed by atoms with Crippen molar-refractivity contribution in [1.82, 2.24) is 4.90 Å². The Labute approximate surface area is 154 Å². The van der Waals surface area contributed by atoms with Crippen molar-refractivity contribution in [2.24, 2.45) is 0 Å². The van der Waals surface area contributed by atoms with Crippen molar-refractivity contribution >= 4 is 16.7 Å². The highest BCUT2D eigenvalue weighted by Crippen LogP contribution is 2.25. The molecule has 0 aromatic heterocycles. The van der Waals surface area contributed by atoms with E-state index in [1.54, 1.807) is 11.0 Å². The van der Waals surface area contributed by atoms with Crippen LogP contribution in [0.2, 0.25) is 0 Å². The Morgan fingerprint density at radius 3 is 2.35 bits per heavy atom. The number of hydrogen-bond donors (Lipinski definition) is 1. The lowest BCUT2D eigenvalue weighted by Crippen LogP contribution is -2.31. The van der Waals surface area contributed by atoms with Crippen LogP contribution in [-0.2, 0) is 12.8 Å². The predicted octanol–water partition coefficient (Wildman–Crippen LogP) is 4.81. The molecular formula is C23H25NO2. The van der Waals surface area contributed by atoms with Crippen molar-refractivity contribution in [1.29, 1.82) is 0 Å². The van der Waals surface area contributed by atoms with Crippen molar-refractivity contribution in [2.75, 3.05) is 13.1 Å². The SMILES string of the molecule is CCN(CC)C(=O)c1c(O)cccc1CCc1ccc2ccccc2c1. The highest BCUT2D eigenvalue weighted by Gasteiger charge is 2.20. The normalized spacial score (nSPS) is 10.8. The minimum Gasteiger partial charge on any atom is -0.507 e. The van der Waals surface area contributed by atoms with Crippen molar-refractivity contribution < 1.29 is 9.90 Å². The standard InChI is InChI=1S/C23H25NO2/c1-3-24(4-2)23(26)22-19(10-7-11-21(22)25)15-13-17-12-14-18-8-5-6-9-20(18)16-17/h5-12,14,16,25H,3-4,13,15H2,1-2H3. The highest BCUT2D eigenvalue weighted by molar-refractivity contribution is 5.98. The number of amides is 1. The fourth-order valence-electron chi connectivity index (χ4n) is 3.38. The number of phenols is 1. The average Bonchev–Trinajstić information content (AvgIpc) is 2.67. The number of phenolic OH excluding ortho intramolecular Hbond substituents is 1. The lowest BCUT2D eigenvalue weighted by atomic mass is 9.97. The molecule has 0 aliphatic carbocycles. The van der Waals surface area contributed by atoms with Crippen molar-refractivity contribution in [3.8, 4) is 5.75 Å². The molecule has 0 aliphatic heterocycles. The van der Waals surface area contributed by atoms with E-state index in [2.05, 4.69) is 30.3 Å². The first-order valence-electron chi connectivity index (χ1n) is 9.21. The van der Waals surface area contributed by atoms with E-state index >= 15 is 0 Å². The molecule has 3 heteroatoms. The quantitative estimate of drug-likeness (QED) is 0.695. The third kappa shape index (κ3) is 3.72. The third-order valence-corrected chi connectivity index (χ3v) is 4.89. The Morgan fingerprint density at radius 2 is 1.62 bits per heavy atom. The lowest BCUT2D eigenvalue weighted by molar-refractivity contribution is 0.0769. The zero-order chi connectivity index (χ0) is 18.5. The smallest absolute Gasteiger partial charge is 0.257 e. The molecular weight excluding hydrogens is 322 g/mol. The third-order valence-electron chi connectivity index (χ3n) is 4.89. The van der Waals surface area contributed by atoms with Gasteiger partial charge in [-0.3, -0.25) is 4.79 Å². The molecule has 0 bridgehead atoms. The van der Waals surface area contributed by atoms with Gasteiger partial charge in [0.2, 0.25) is 0 Å². The Bertz CT molecular complexity index is 913. The van der Waals surface area contributed by atoms with Crippen LogP contribution in [0, 0.1) is 0 Å². The molecule has 0 atom stereocenters. The summed E-state index contributed by atoms with van der Waals surface area (Å²) in [5.74, 6) is -0.0282. The van der Waals surface area contributed by atoms with Crippen molar-refractivity contribution in [3.63, 3.8) is 0 Å². The maximum atomic E-state index is 12.8. The summed E-state index contributed by atoms with van der Waals surface area (Å²) in [6, 6.07) is 20.1. The zero-order valence-electron chi connectivity index (χ0n) is 15.4. The van der Waals surface area contributed by atoms with Gasteiger partial charge in [0.15, 0.2) is 0 Å². The topological polar surface area (TPSA) is 40.5 Å². The van der Waals surface area contributed by atoms with Crippen LogP contribution in [0.5, 0.6) is 5.75 Å². The van der Waals surface area contributed by atoms with E-state index in [-0.39, 0.29) is 11.7 Å². The van der Waals surface area contributed by atoms with Gasteiger partial charge in [-0.15, -0.1) is 0 Å². The second kappa shape index (κ2) is 8.05. The summed E-state index contributed by atoms with van der Waals surface area (Å²) >= 11 is 0. The molecule has 1 N–H and O–H groups in total. The Balaban J connectivity index is 1.85. The van der Waals surface area contributed by atoms with Crippen LogP contribution < -0.4 is 0 Å². The number of carbonyl (C=O) groups excluding carboxylic acids is 1. The molecule has 0 fully saturated rings. The maximum Gasteiger partial charge on any atom is 0.257 e. The summed E-state index contributed by atoms with van der Waals surface area (Å²) in [5, 5.41) is 12.7. The van der Waals surface area contributed by atoms with Crippen LogP contribution in [-0.4, -0.2) is 29.0 Å². The minimum absolute atomic E-state index is 0.0675. The molecule has 0 spiro atoms. The summed E-state index contributed by atoms with van der Waals surface area (Å²) in [4.78, 5) is 14.5. The number of hydrogen-bond acceptors (Lipinski definition) is 2. The number of rotatable bonds is 6. The lowest BCUT2D eigenvalue weighted by Gasteiger charge is -2.21. The molecule has 3 rings (SSSR count). The van der Waals surface area contributed by atoms with Gasteiger partial charge in [0.1, 0.15) is 5.75 Å². The first-order chi connectivity index (χ1) is 12.6. The molecule has 3 nitrogen and oxygen atoms in total. The summed E-state index contributed by atoms with van der Waals surface area (Å²) < 4.78 is 0. The van der Waals surface area contributed by atoms with Gasteiger partial charge in [-0.05, 0) is 54.7 Å². The number of aryl methyl sites for hydroxylation is 2. The number of benzene rings is 3. The van der Waals surface area contributed by atoms with Gasteiger partial charge in [0.25, 0.3) is 5.91 Å². The molecule has 0 radical (unpaired) electrons. The van der Waals surface area contributed by atoms with E-state index in [1.807, 2.05) is 38.1 Å². The molecule has 3 aromatic carbocycles. The molecule has 0 saturated carbocycles. The molecule has 0 aliphatic rings. The van der Waals surface area contributed by atoms with Crippen LogP contribution in [0.4, 0.5) is 0 Å². The van der Waals surface area contributed by atoms with Crippen LogP contribution in [0.3, 0.4) is 0 Å². The van der Waals surface area contributed by atoms with Gasteiger partial charge >= 0.3 is 0 Å². The van der Waals surface area contributed by atoms with Gasteiger partial charge in [-0.25, -0.2) is 0 Å². The molecule has 134 valence electrons. The van der Waals surface area contributed by atoms with Gasteiger partial charge < -0.3 is 10.0 Å². The van der Waals surface area contributed by atoms with E-state index in [1.165, 1.54) is 16.3 Å². The summed E-state index contributed by atoms with van der Waals surface area (Å²) in [7, 11) is 0. The molecule has 0 heterocycles. The average molecular weight is 347 g/mol. The number of nitrogens with zero attached hydrogens (tertiary/aromatic N) is 1. The molecule has 0 unspecified atom stereocenters. The van der Waals surface area contributed by atoms with E-state index in [4.69, 9.17) is 0 Å². The van der Waals surface area contributed by atoms with E-state index in [0.29, 0.717) is 18.7 Å². The number of carbonyl (C=O) groups is 1. The molecule has 1 amide bonds. The van der Waals surface area contributed by atoms with Gasteiger partial charge in [-0.1, -0.05) is 54.6 Å². The Kier molecular flexibility index (Phi) is 5.57. The summed E-state index contributed by atoms with van der Waals surface area (Å²) in [6.07, 6.45) is 1.54. The van der Waals surface area contributed by atoms with Crippen molar-refractivity contribution in [2.45, 2.75) is 26.7 Å². The monoisotopic (exact) mass is 347 g/mol. The summed E-state index contributed by atoms with van der Waals surface area (Å²) in [6.45, 7) is 5.17. The van der Waals surface area contributed by atoms with Gasteiger partial charge in [-0.2, -0.15) is 0 Å². The van der Waals surface area contributed by atoms with Crippen LogP contribution >= 0.6 is 0 Å². The van der Waals surface area contributed by atoms with Gasteiger partial charge in [0, 0.05) is 13.1 Å². The van der Waals surface area contributed by atoms with Gasteiger partial charge in [0.05, 0.1) is 5.56 Å². The fraction of sp³-hybridized carbons (Fsp3) is 0.261. The van der Waals surface area contributed by atoms with E-state index in [9.17, 15) is 9.90 Å². The molecule has 26 heavy (non-hydrogen) atoms. The minimum atomic E-state index is -0.0957. The zero-order valence-corrected chi connectivity index (χ0v) is 15.4. The van der Waals surface area contributed by atoms with Crippen molar-refractivity contribution in [3.05, 3.63) is 77.4 Å². The first-order valence-corrected chi connectivity index (χ1v) is 9.21. The second-order valence-corrected chi connectivity index (χ2v) is 6.47. The predicted molar refractivity (Wildman–Crippen MR) is 107 cm³/mol. The summed E-state index contributed by atoms with van der Waals surface area (Å²) in [5.41, 5.74) is 2.57. The Morgan fingerprint density at radius 1 is 0.885 bits per heavy atom. The van der Waals surface area contributed by atoms with Crippen LogP contribution in [0.1, 0.15) is 35.3 Å².